The molecule has 0 bridgehead atoms. The van der Waals surface area contributed by atoms with Crippen molar-refractivity contribution < 1.29 is 9.72 Å². The number of benzene rings is 2. The molecule has 1 atom stereocenters. The first kappa shape index (κ1) is 15.7. The Morgan fingerprint density at radius 1 is 1.14 bits per heavy atom. The Labute approximate surface area is 134 Å². The van der Waals surface area contributed by atoms with Gasteiger partial charge in [-0.2, -0.15) is 0 Å². The van der Waals surface area contributed by atoms with Crippen LogP contribution in [-0.2, 0) is 0 Å². The van der Waals surface area contributed by atoms with Gasteiger partial charge in [-0.25, -0.2) is 0 Å². The number of hydrogen-bond donors (Lipinski definition) is 0. The highest BCUT2D eigenvalue weighted by Gasteiger charge is 2.17. The molecule has 2 rings (SSSR count). The van der Waals surface area contributed by atoms with Crippen LogP contribution in [-0.4, -0.2) is 16.0 Å². The molecule has 0 heterocycles. The van der Waals surface area contributed by atoms with Crippen molar-refractivity contribution in [1.82, 2.24) is 0 Å². The number of carbonyl (C=O) groups excluding carboxylic acids is 1. The van der Waals surface area contributed by atoms with Crippen LogP contribution < -0.4 is 0 Å². The average molecular weight is 366 g/mol. The van der Waals surface area contributed by atoms with Crippen LogP contribution in [0.4, 0.5) is 5.69 Å². The third-order valence-corrected chi connectivity index (χ3v) is 4.50. The molecule has 1 unspecified atom stereocenters. The molecule has 6 heteroatoms. The SMILES string of the molecule is CC(Sc1ccc([N+](=O)[O-])cc1)C(=O)c1ccc(Br)cc1. The van der Waals surface area contributed by atoms with Crippen molar-refractivity contribution in [2.24, 2.45) is 0 Å². The summed E-state index contributed by atoms with van der Waals surface area (Å²) in [5.41, 5.74) is 0.700. The number of ketones is 1. The quantitative estimate of drug-likeness (QED) is 0.332. The summed E-state index contributed by atoms with van der Waals surface area (Å²) < 4.78 is 0.926. The molecule has 21 heavy (non-hydrogen) atoms. The molecule has 0 fully saturated rings. The number of hydrogen-bond acceptors (Lipinski definition) is 4. The Kier molecular flexibility index (Phi) is 5.14. The molecule has 108 valence electrons. The van der Waals surface area contributed by atoms with E-state index in [4.69, 9.17) is 0 Å². The second-order valence-electron chi connectivity index (χ2n) is 4.38. The third kappa shape index (κ3) is 4.15. The summed E-state index contributed by atoms with van der Waals surface area (Å²) in [5.74, 6) is 0.0332. The molecule has 0 N–H and O–H groups in total. The van der Waals surface area contributed by atoms with E-state index in [0.29, 0.717) is 5.56 Å². The van der Waals surface area contributed by atoms with Gasteiger partial charge in [0.1, 0.15) is 0 Å². The number of thioether (sulfide) groups is 1. The largest absolute Gasteiger partial charge is 0.293 e. The van der Waals surface area contributed by atoms with Gasteiger partial charge in [0.05, 0.1) is 10.2 Å². The number of rotatable bonds is 5. The summed E-state index contributed by atoms with van der Waals surface area (Å²) in [6, 6.07) is 13.4. The average Bonchev–Trinajstić information content (AvgIpc) is 2.47. The van der Waals surface area contributed by atoms with Gasteiger partial charge in [-0.15, -0.1) is 11.8 Å². The Bertz CT molecular complexity index is 656. The molecule has 0 spiro atoms. The van der Waals surface area contributed by atoms with E-state index >= 15 is 0 Å². The highest BCUT2D eigenvalue weighted by Crippen LogP contribution is 2.27. The minimum Gasteiger partial charge on any atom is -0.293 e. The molecule has 4 nitrogen and oxygen atoms in total. The van der Waals surface area contributed by atoms with Gasteiger partial charge in [-0.1, -0.05) is 28.1 Å². The molecule has 0 aliphatic heterocycles. The number of halogens is 1. The molecule has 2 aromatic rings. The molecule has 0 saturated carbocycles. The fraction of sp³-hybridized carbons (Fsp3) is 0.133. The first-order chi connectivity index (χ1) is 9.97. The van der Waals surface area contributed by atoms with Crippen LogP contribution >= 0.6 is 27.7 Å². The first-order valence-electron chi connectivity index (χ1n) is 6.18. The van der Waals surface area contributed by atoms with Crippen LogP contribution in [0.1, 0.15) is 17.3 Å². The number of nitrogens with zero attached hydrogens (tertiary/aromatic N) is 1. The zero-order valence-electron chi connectivity index (χ0n) is 11.2. The third-order valence-electron chi connectivity index (χ3n) is 2.86. The molecule has 0 aliphatic carbocycles. The molecule has 0 aliphatic rings. The van der Waals surface area contributed by atoms with Gasteiger partial charge in [-0.05, 0) is 31.2 Å². The van der Waals surface area contributed by atoms with Crippen LogP contribution in [0.2, 0.25) is 0 Å². The van der Waals surface area contributed by atoms with Crippen molar-refractivity contribution >= 4 is 39.2 Å². The van der Waals surface area contributed by atoms with Gasteiger partial charge in [0, 0.05) is 27.1 Å². The van der Waals surface area contributed by atoms with E-state index in [1.54, 1.807) is 24.3 Å². The smallest absolute Gasteiger partial charge is 0.269 e. The number of nitro groups is 1. The molecule has 0 radical (unpaired) electrons. The van der Waals surface area contributed by atoms with Crippen LogP contribution in [0.25, 0.3) is 0 Å². The summed E-state index contributed by atoms with van der Waals surface area (Å²) in [6.07, 6.45) is 0. The maximum atomic E-state index is 12.3. The summed E-state index contributed by atoms with van der Waals surface area (Å²) in [6.45, 7) is 1.83. The molecular formula is C15H12BrNO3S. The Morgan fingerprint density at radius 3 is 2.24 bits per heavy atom. The lowest BCUT2D eigenvalue weighted by molar-refractivity contribution is -0.384. The maximum absolute atomic E-state index is 12.3. The Balaban J connectivity index is 2.06. The van der Waals surface area contributed by atoms with Crippen LogP contribution in [0.15, 0.2) is 57.9 Å². The van der Waals surface area contributed by atoms with Crippen molar-refractivity contribution in [2.45, 2.75) is 17.1 Å². The summed E-state index contributed by atoms with van der Waals surface area (Å²) >= 11 is 4.72. The lowest BCUT2D eigenvalue weighted by Gasteiger charge is -2.10. The highest BCUT2D eigenvalue weighted by molar-refractivity contribution is 9.10. The summed E-state index contributed by atoms with van der Waals surface area (Å²) in [5, 5.41) is 10.3. The van der Waals surface area contributed by atoms with Gasteiger partial charge in [0.15, 0.2) is 5.78 Å². The molecular weight excluding hydrogens is 354 g/mol. The first-order valence-corrected chi connectivity index (χ1v) is 7.85. The zero-order valence-corrected chi connectivity index (χ0v) is 13.6. The highest BCUT2D eigenvalue weighted by atomic mass is 79.9. The van der Waals surface area contributed by atoms with E-state index in [1.807, 2.05) is 19.1 Å². The Hall–Kier alpha value is -1.66. The van der Waals surface area contributed by atoms with Crippen molar-refractivity contribution in [2.75, 3.05) is 0 Å². The van der Waals surface area contributed by atoms with E-state index in [2.05, 4.69) is 15.9 Å². The van der Waals surface area contributed by atoms with Crippen molar-refractivity contribution in [3.63, 3.8) is 0 Å². The van der Waals surface area contributed by atoms with Crippen molar-refractivity contribution in [3.05, 3.63) is 68.7 Å². The number of carbonyl (C=O) groups is 1. The lowest BCUT2D eigenvalue weighted by Crippen LogP contribution is -2.13. The van der Waals surface area contributed by atoms with Gasteiger partial charge < -0.3 is 0 Å². The van der Waals surface area contributed by atoms with Gasteiger partial charge >= 0.3 is 0 Å². The molecule has 2 aromatic carbocycles. The second-order valence-corrected chi connectivity index (χ2v) is 6.71. The molecule has 0 amide bonds. The van der Waals surface area contributed by atoms with Crippen molar-refractivity contribution in [1.29, 1.82) is 0 Å². The van der Waals surface area contributed by atoms with E-state index in [0.717, 1.165) is 9.37 Å². The summed E-state index contributed by atoms with van der Waals surface area (Å²) in [7, 11) is 0. The minimum atomic E-state index is -0.440. The van der Waals surface area contributed by atoms with E-state index in [-0.39, 0.29) is 16.7 Å². The fourth-order valence-electron chi connectivity index (χ4n) is 1.75. The number of nitro benzene ring substituents is 1. The zero-order chi connectivity index (χ0) is 15.4. The Morgan fingerprint density at radius 2 is 1.71 bits per heavy atom. The monoisotopic (exact) mass is 365 g/mol. The van der Waals surface area contributed by atoms with Crippen LogP contribution in [0, 0.1) is 10.1 Å². The van der Waals surface area contributed by atoms with Gasteiger partial charge in [0.2, 0.25) is 0 Å². The predicted molar refractivity (Wildman–Crippen MR) is 86.9 cm³/mol. The minimum absolute atomic E-state index is 0.0332. The predicted octanol–water partition coefficient (Wildman–Crippen LogP) is 4.72. The van der Waals surface area contributed by atoms with Crippen LogP contribution in [0.3, 0.4) is 0 Å². The molecule has 0 aromatic heterocycles. The second kappa shape index (κ2) is 6.87. The fourth-order valence-corrected chi connectivity index (χ4v) is 2.96. The number of Topliss-reactive ketones (excluding diaryl/α,β-unsaturated/α-hetero) is 1. The standard InChI is InChI=1S/C15H12BrNO3S/c1-10(15(18)11-2-4-12(16)5-3-11)21-14-8-6-13(7-9-14)17(19)20/h2-10H,1H3. The molecule has 0 saturated heterocycles. The number of non-ortho nitro benzene ring substituents is 1. The van der Waals surface area contributed by atoms with Crippen LogP contribution in [0.5, 0.6) is 0 Å². The van der Waals surface area contributed by atoms with Crippen molar-refractivity contribution in [3.8, 4) is 0 Å². The van der Waals surface area contributed by atoms with E-state index in [9.17, 15) is 14.9 Å². The summed E-state index contributed by atoms with van der Waals surface area (Å²) in [4.78, 5) is 23.3. The normalized spacial score (nSPS) is 11.9. The van der Waals surface area contributed by atoms with Gasteiger partial charge in [0.25, 0.3) is 5.69 Å². The lowest BCUT2D eigenvalue weighted by atomic mass is 10.1. The van der Waals surface area contributed by atoms with E-state index < -0.39 is 4.92 Å². The topological polar surface area (TPSA) is 60.2 Å². The van der Waals surface area contributed by atoms with Gasteiger partial charge in [-0.3, -0.25) is 14.9 Å². The van der Waals surface area contributed by atoms with E-state index in [1.165, 1.54) is 23.9 Å². The maximum Gasteiger partial charge on any atom is 0.269 e.